The van der Waals surface area contributed by atoms with Gasteiger partial charge in [0.05, 0.1) is 34.2 Å². The SMILES string of the molecule is CC(=O)N=C1C=C(N2CCCC2)C=CC1=C1C(O)=C(c2ccc(N3CCCC3)cc2NC(C)=O)C1O.CC1=CC(=C2C(O)=C(c3cc(C)c(N4CCCC4)cc3NC(=O)c3ccccc3)C2O)C(=NC(=O)c2ccccc2)C=C1N1CCCC1.CCCCCCC(=O)N=C1C=C(N2CCCC2)C(C)=C/C1=C1\C(O)=C(c2cc(C)c(N3CCCC3)cc2NC(=O)CCCCCC)C1O. The summed E-state index contributed by atoms with van der Waals surface area (Å²) in [5, 5.41) is 78.5. The van der Waals surface area contributed by atoms with E-state index in [1.54, 1.807) is 36.4 Å². The van der Waals surface area contributed by atoms with E-state index in [9.17, 15) is 59.4 Å². The van der Waals surface area contributed by atoms with Gasteiger partial charge in [-0.15, -0.1) is 0 Å². The summed E-state index contributed by atoms with van der Waals surface area (Å²) in [6, 6.07) is 31.5. The Labute approximate surface area is 775 Å². The highest BCUT2D eigenvalue weighted by atomic mass is 16.3. The van der Waals surface area contributed by atoms with Crippen LogP contribution >= 0.6 is 0 Å². The fraction of sp³-hybridized carbons (Fsp3) is 0.417. The number of unbranched alkanes of at least 4 members (excludes halogenated alkanes) is 6. The van der Waals surface area contributed by atoms with Crippen molar-refractivity contribution in [3.8, 4) is 0 Å². The molecule has 692 valence electrons. The van der Waals surface area contributed by atoms with Crippen LogP contribution in [-0.2, 0) is 19.2 Å². The monoisotopic (exact) mass is 1780 g/mol. The van der Waals surface area contributed by atoms with Crippen molar-refractivity contribution in [2.45, 2.75) is 215 Å². The van der Waals surface area contributed by atoms with Gasteiger partial charge in [0.2, 0.25) is 23.6 Å². The highest BCUT2D eigenvalue weighted by molar-refractivity contribution is 6.21. The van der Waals surface area contributed by atoms with Crippen LogP contribution in [0.25, 0.3) is 16.7 Å². The van der Waals surface area contributed by atoms with Crippen LogP contribution in [0.15, 0.2) is 240 Å². The number of allylic oxidation sites excluding steroid dienone is 12. The molecule has 0 bridgehead atoms. The molecule has 132 heavy (non-hydrogen) atoms. The summed E-state index contributed by atoms with van der Waals surface area (Å²) < 4.78 is 0. The molecule has 5 aromatic rings. The van der Waals surface area contributed by atoms with E-state index in [0.29, 0.717) is 125 Å². The fourth-order valence-electron chi connectivity index (χ4n) is 20.1. The Hall–Kier alpha value is -12.5. The fourth-order valence-corrected chi connectivity index (χ4v) is 20.1. The molecule has 24 nitrogen and oxygen atoms in total. The first-order valence-corrected chi connectivity index (χ1v) is 47.9. The highest BCUT2D eigenvalue weighted by Crippen LogP contribution is 2.51. The Bertz CT molecular complexity index is 5810. The maximum atomic E-state index is 13.4. The highest BCUT2D eigenvalue weighted by Gasteiger charge is 2.44. The van der Waals surface area contributed by atoms with Gasteiger partial charge in [-0.05, 0) is 237 Å². The van der Waals surface area contributed by atoms with E-state index in [1.165, 1.54) is 13.8 Å². The molecular weight excluding hydrogens is 1660 g/mol. The topological polar surface area (TPSA) is 316 Å². The molecular formula is C108H128N12O12. The Morgan fingerprint density at radius 1 is 0.386 bits per heavy atom. The number of aliphatic hydroxyl groups is 6. The average molecular weight is 1790 g/mol. The summed E-state index contributed by atoms with van der Waals surface area (Å²) in [5.74, 6) is -1.65. The Balaban J connectivity index is 0.000000153. The van der Waals surface area contributed by atoms with Gasteiger partial charge in [-0.1, -0.05) is 101 Å². The van der Waals surface area contributed by atoms with Gasteiger partial charge in [0.15, 0.2) is 0 Å². The minimum absolute atomic E-state index is 0.0190. The lowest BCUT2D eigenvalue weighted by Gasteiger charge is -2.35. The molecule has 6 heterocycles. The molecule has 0 spiro atoms. The normalized spacial score (nSPS) is 22.7. The van der Waals surface area contributed by atoms with Crippen molar-refractivity contribution in [2.24, 2.45) is 15.0 Å². The number of nitrogens with one attached hydrogen (secondary N) is 3. The molecule has 0 radical (unpaired) electrons. The van der Waals surface area contributed by atoms with Crippen molar-refractivity contribution in [3.05, 3.63) is 264 Å². The van der Waals surface area contributed by atoms with Crippen molar-refractivity contribution < 1.29 is 59.4 Å². The van der Waals surface area contributed by atoms with Crippen LogP contribution in [0.1, 0.15) is 231 Å². The van der Waals surface area contributed by atoms with Gasteiger partial charge < -0.3 is 76.0 Å². The molecule has 0 aromatic heterocycles. The number of hydrogen-bond acceptors (Lipinski definition) is 18. The predicted molar refractivity (Wildman–Crippen MR) is 528 cm³/mol. The number of aliphatic imine (C=N–C) groups is 3. The number of likely N-dealkylation sites (tertiary alicyclic amines) is 3. The van der Waals surface area contributed by atoms with Crippen LogP contribution in [0.2, 0.25) is 0 Å². The average Bonchev–Trinajstić information content (AvgIpc) is 1.12. The van der Waals surface area contributed by atoms with Crippen LogP contribution in [-0.4, -0.2) is 195 Å². The smallest absolute Gasteiger partial charge is 0.277 e. The minimum atomic E-state index is -1.17. The molecule has 9 N–H and O–H groups in total. The van der Waals surface area contributed by atoms with E-state index >= 15 is 0 Å². The summed E-state index contributed by atoms with van der Waals surface area (Å²) in [4.78, 5) is 104. The van der Waals surface area contributed by atoms with Gasteiger partial charge in [0.1, 0.15) is 35.6 Å². The lowest BCUT2D eigenvalue weighted by molar-refractivity contribution is -0.118. The van der Waals surface area contributed by atoms with Crippen LogP contribution in [0, 0.1) is 13.8 Å². The lowest BCUT2D eigenvalue weighted by Crippen LogP contribution is -2.32. The van der Waals surface area contributed by atoms with Crippen molar-refractivity contribution >= 4 is 103 Å². The van der Waals surface area contributed by atoms with Crippen molar-refractivity contribution in [1.82, 2.24) is 14.7 Å². The number of nitrogens with zero attached hydrogens (tertiary/aromatic N) is 9. The molecule has 6 aliphatic carbocycles. The molecule has 5 aromatic carbocycles. The summed E-state index contributed by atoms with van der Waals surface area (Å²) in [5.41, 5.74) is 19.5. The minimum Gasteiger partial charge on any atom is -0.507 e. The van der Waals surface area contributed by atoms with E-state index < -0.39 is 24.2 Å². The Morgan fingerprint density at radius 3 is 1.27 bits per heavy atom. The van der Waals surface area contributed by atoms with Crippen molar-refractivity contribution in [3.63, 3.8) is 0 Å². The first-order chi connectivity index (χ1) is 63.9. The molecule has 6 amide bonds. The van der Waals surface area contributed by atoms with E-state index in [4.69, 9.17) is 0 Å². The quantitative estimate of drug-likeness (QED) is 0.0259. The third-order valence-electron chi connectivity index (χ3n) is 27.1. The van der Waals surface area contributed by atoms with Crippen molar-refractivity contribution in [1.29, 1.82) is 0 Å². The molecule has 6 aliphatic heterocycles. The number of rotatable bonds is 24. The van der Waals surface area contributed by atoms with Gasteiger partial charge in [-0.25, -0.2) is 15.0 Å². The van der Waals surface area contributed by atoms with Crippen molar-refractivity contribution in [2.75, 3.05) is 109 Å². The Kier molecular flexibility index (Phi) is 30.5. The number of aryl methyl sites for hydroxylation is 2. The first kappa shape index (κ1) is 94.1. The molecule has 12 aliphatic rings. The van der Waals surface area contributed by atoms with Crippen LogP contribution in [0.5, 0.6) is 0 Å². The summed E-state index contributed by atoms with van der Waals surface area (Å²) in [6.45, 7) is 26.6. The summed E-state index contributed by atoms with van der Waals surface area (Å²) in [7, 11) is 0. The lowest BCUT2D eigenvalue weighted by atomic mass is 9.76. The van der Waals surface area contributed by atoms with E-state index in [0.717, 1.165) is 263 Å². The zero-order chi connectivity index (χ0) is 93.0. The molecule has 6 saturated heterocycles. The number of carbonyl (C=O) groups excluding carboxylic acids is 6. The molecule has 3 unspecified atom stereocenters. The number of hydrogen-bond donors (Lipinski definition) is 9. The van der Waals surface area contributed by atoms with Crippen LogP contribution in [0.3, 0.4) is 0 Å². The van der Waals surface area contributed by atoms with Crippen LogP contribution < -0.4 is 30.7 Å². The van der Waals surface area contributed by atoms with Gasteiger partial charge in [0.25, 0.3) is 11.8 Å². The summed E-state index contributed by atoms with van der Waals surface area (Å²) in [6.07, 6.45) is 32.2. The molecule has 24 heteroatoms. The van der Waals surface area contributed by atoms with Gasteiger partial charge in [-0.3, -0.25) is 28.8 Å². The molecule has 0 saturated carbocycles. The zero-order valence-electron chi connectivity index (χ0n) is 77.8. The van der Waals surface area contributed by atoms with E-state index in [-0.39, 0.29) is 46.8 Å². The predicted octanol–water partition coefficient (Wildman–Crippen LogP) is 19.1. The second-order valence-corrected chi connectivity index (χ2v) is 36.6. The zero-order valence-corrected chi connectivity index (χ0v) is 77.8. The largest absolute Gasteiger partial charge is 0.507 e. The number of anilines is 6. The molecule has 17 rings (SSSR count). The van der Waals surface area contributed by atoms with Gasteiger partial charge in [0, 0.05) is 217 Å². The summed E-state index contributed by atoms with van der Waals surface area (Å²) >= 11 is 0. The standard InChI is InChI=1S/C40H40N4O4.C40H56N4O4.C28H32N4O4/c1-25-21-29(31(23-33(25)43-17-9-10-18-43)41-39(47)27-13-5-3-6-14-27)35-37(45)36(38(35)46)30-22-26(2)34(44-19-11-12-20-44)24-32(30)42-40(48)28-15-7-4-8-16-28;1-5-7-9-11-17-35(45)41-31-25-33(43-19-13-14-20-43)27(3)23-29(31)37-39(47)38(40(37)48)30-24-28(4)34(44-21-15-16-22-44)26-32(30)42-36(46)18-12-10-8-6-2;1-17(33)29-23-15-19(31-11-3-4-12-31)7-9-21(23)25-27(35)26(28(25)36)22-10-8-20(32-13-5-6-14-32)16-24(22)30-18(2)34/h3-8,13-16,21-24,37,45-46H,9-12,17-20H2,1-2H3,(H,41,47);23-26,39,47-48H,5-22H2,1-4H3,(H,41,45);7-10,15-16,27,35-36H,3-6,11-14H2,1-2H3,(H,29,33)/b;38-30+,42-32?;. The second-order valence-electron chi connectivity index (χ2n) is 36.6. The number of amides is 6. The maximum Gasteiger partial charge on any atom is 0.277 e. The molecule has 3 atom stereocenters. The van der Waals surface area contributed by atoms with Gasteiger partial charge in [-0.2, -0.15) is 0 Å². The van der Waals surface area contributed by atoms with E-state index in [1.807, 2.05) is 137 Å². The number of carbonyl (C=O) groups is 6. The Morgan fingerprint density at radius 2 is 0.803 bits per heavy atom. The van der Waals surface area contributed by atoms with Crippen LogP contribution in [0.4, 0.5) is 34.1 Å². The third kappa shape index (κ3) is 21.0. The second kappa shape index (κ2) is 42.8. The number of benzene rings is 5. The maximum absolute atomic E-state index is 13.4. The first-order valence-electron chi connectivity index (χ1n) is 47.9. The van der Waals surface area contributed by atoms with E-state index in [2.05, 4.69) is 74.2 Å². The molecule has 6 fully saturated rings. The van der Waals surface area contributed by atoms with Gasteiger partial charge >= 0.3 is 0 Å². The third-order valence-corrected chi connectivity index (χ3v) is 27.1. The number of aliphatic hydroxyl groups excluding tert-OH is 6.